The van der Waals surface area contributed by atoms with Crippen LogP contribution in [-0.4, -0.2) is 0 Å². The van der Waals surface area contributed by atoms with Gasteiger partial charge in [0.15, 0.2) is 0 Å². The van der Waals surface area contributed by atoms with E-state index in [9.17, 15) is 0 Å². The van der Waals surface area contributed by atoms with Crippen LogP contribution in [0.5, 0.6) is 0 Å². The van der Waals surface area contributed by atoms with Crippen molar-refractivity contribution in [3.63, 3.8) is 0 Å². The highest BCUT2D eigenvalue weighted by Gasteiger charge is 1.61. The molecule has 0 aliphatic heterocycles. The third-order valence-electron chi connectivity index (χ3n) is 0.314. The second-order valence-electron chi connectivity index (χ2n) is 0.793. The van der Waals surface area contributed by atoms with E-state index in [1.807, 2.05) is 0 Å². The maximum atomic E-state index is 4.99. The van der Waals surface area contributed by atoms with Crippen LogP contribution < -0.4 is 11.5 Å². The fourth-order valence-electron chi connectivity index (χ4n) is 0.136. The normalized spacial score (nSPS) is 11.4. The van der Waals surface area contributed by atoms with E-state index in [0.717, 1.165) is 0 Å². The fourth-order valence-corrected chi connectivity index (χ4v) is 0.408. The molecular formula is C4H8N2S. The molecule has 0 unspecified atom stereocenters. The Morgan fingerprint density at radius 2 is 1.43 bits per heavy atom. The Balaban J connectivity index is 2.98. The molecule has 0 saturated carbocycles. The summed E-state index contributed by atoms with van der Waals surface area (Å²) in [5.74, 6) is 0. The first-order chi connectivity index (χ1) is 3.41. The first kappa shape index (κ1) is 6.43. The summed E-state index contributed by atoms with van der Waals surface area (Å²) in [6.45, 7) is 0. The quantitative estimate of drug-likeness (QED) is 0.555. The molecule has 0 aromatic heterocycles. The lowest BCUT2D eigenvalue weighted by Gasteiger charge is -1.74. The van der Waals surface area contributed by atoms with Gasteiger partial charge >= 0.3 is 0 Å². The molecule has 0 fully saturated rings. The van der Waals surface area contributed by atoms with Crippen LogP contribution in [0.2, 0.25) is 0 Å². The summed E-state index contributed by atoms with van der Waals surface area (Å²) in [6, 6.07) is 0. The topological polar surface area (TPSA) is 52.0 Å². The molecule has 4 N–H and O–H groups in total. The SMILES string of the molecule is N/C=C/S/C=C/N. The molecule has 0 saturated heterocycles. The third kappa shape index (κ3) is 5.43. The summed E-state index contributed by atoms with van der Waals surface area (Å²) in [6.07, 6.45) is 2.93. The van der Waals surface area contributed by atoms with Gasteiger partial charge in [0.05, 0.1) is 0 Å². The highest BCUT2D eigenvalue weighted by atomic mass is 32.2. The van der Waals surface area contributed by atoms with Crippen LogP contribution in [0, 0.1) is 0 Å². The zero-order valence-electron chi connectivity index (χ0n) is 3.87. The van der Waals surface area contributed by atoms with Gasteiger partial charge in [-0.15, -0.1) is 11.8 Å². The monoisotopic (exact) mass is 116 g/mol. The van der Waals surface area contributed by atoms with Crippen molar-refractivity contribution in [3.05, 3.63) is 23.2 Å². The first-order valence-electron chi connectivity index (χ1n) is 1.80. The van der Waals surface area contributed by atoms with Gasteiger partial charge in [-0.1, -0.05) is 0 Å². The Kier molecular flexibility index (Phi) is 4.99. The molecule has 0 amide bonds. The smallest absolute Gasteiger partial charge is 0.000524 e. The van der Waals surface area contributed by atoms with Crippen LogP contribution in [0.3, 0.4) is 0 Å². The lowest BCUT2D eigenvalue weighted by Crippen LogP contribution is -1.73. The average molecular weight is 116 g/mol. The van der Waals surface area contributed by atoms with E-state index in [-0.39, 0.29) is 0 Å². The van der Waals surface area contributed by atoms with Crippen molar-refractivity contribution in [1.29, 1.82) is 0 Å². The summed E-state index contributed by atoms with van der Waals surface area (Å²) in [7, 11) is 0. The van der Waals surface area contributed by atoms with Gasteiger partial charge in [0.1, 0.15) is 0 Å². The van der Waals surface area contributed by atoms with Crippen molar-refractivity contribution in [2.75, 3.05) is 0 Å². The van der Waals surface area contributed by atoms with Crippen molar-refractivity contribution in [2.45, 2.75) is 0 Å². The summed E-state index contributed by atoms with van der Waals surface area (Å²) in [5, 5.41) is 3.48. The minimum absolute atomic E-state index is 1.44. The van der Waals surface area contributed by atoms with Crippen LogP contribution in [0.4, 0.5) is 0 Å². The van der Waals surface area contributed by atoms with E-state index >= 15 is 0 Å². The average Bonchev–Trinajstić information content (AvgIpc) is 1.69. The molecule has 7 heavy (non-hydrogen) atoms. The van der Waals surface area contributed by atoms with Crippen molar-refractivity contribution in [1.82, 2.24) is 0 Å². The Hall–Kier alpha value is -0.570. The van der Waals surface area contributed by atoms with Gasteiger partial charge in [-0.05, 0) is 10.8 Å². The van der Waals surface area contributed by atoms with Crippen molar-refractivity contribution < 1.29 is 0 Å². The van der Waals surface area contributed by atoms with E-state index in [2.05, 4.69) is 0 Å². The molecule has 2 nitrogen and oxygen atoms in total. The van der Waals surface area contributed by atoms with Crippen LogP contribution in [0.15, 0.2) is 23.2 Å². The van der Waals surface area contributed by atoms with Crippen LogP contribution >= 0.6 is 11.8 Å². The largest absolute Gasteiger partial charge is 0.404 e. The molecule has 0 aromatic carbocycles. The second kappa shape index (κ2) is 5.43. The predicted octanol–water partition coefficient (Wildman–Crippen LogP) is 0.579. The molecule has 3 heteroatoms. The number of nitrogens with two attached hydrogens (primary N) is 2. The standard InChI is InChI=1S/C4H8N2S/c5-1-3-7-4-2-6/h1-4H,5-6H2/b3-1+,4-2+. The lowest BCUT2D eigenvalue weighted by atomic mass is 11.1. The molecule has 0 aromatic rings. The lowest BCUT2D eigenvalue weighted by molar-refractivity contribution is 1.62. The molecule has 40 valence electrons. The summed E-state index contributed by atoms with van der Waals surface area (Å²) < 4.78 is 0. The Bertz CT molecular complexity index is 67.8. The van der Waals surface area contributed by atoms with E-state index in [4.69, 9.17) is 11.5 Å². The van der Waals surface area contributed by atoms with E-state index in [1.165, 1.54) is 24.2 Å². The van der Waals surface area contributed by atoms with Crippen molar-refractivity contribution in [2.24, 2.45) is 11.5 Å². The zero-order valence-corrected chi connectivity index (χ0v) is 4.69. The number of rotatable bonds is 2. The van der Waals surface area contributed by atoms with Crippen molar-refractivity contribution in [3.8, 4) is 0 Å². The van der Waals surface area contributed by atoms with E-state index in [1.54, 1.807) is 10.8 Å². The van der Waals surface area contributed by atoms with Gasteiger partial charge in [-0.2, -0.15) is 0 Å². The fraction of sp³-hybridized carbons (Fsp3) is 0. The highest BCUT2D eigenvalue weighted by molar-refractivity contribution is 8.04. The van der Waals surface area contributed by atoms with E-state index in [0.29, 0.717) is 0 Å². The van der Waals surface area contributed by atoms with Crippen LogP contribution in [0.1, 0.15) is 0 Å². The first-order valence-corrected chi connectivity index (χ1v) is 2.75. The van der Waals surface area contributed by atoms with Gasteiger partial charge < -0.3 is 11.5 Å². The molecule has 0 bridgehead atoms. The van der Waals surface area contributed by atoms with Crippen LogP contribution in [0.25, 0.3) is 0 Å². The molecule has 0 aliphatic rings. The van der Waals surface area contributed by atoms with Gasteiger partial charge in [-0.25, -0.2) is 0 Å². The Morgan fingerprint density at radius 3 is 1.71 bits per heavy atom. The zero-order chi connectivity index (χ0) is 5.54. The van der Waals surface area contributed by atoms with Gasteiger partial charge in [0.25, 0.3) is 0 Å². The molecule has 0 radical (unpaired) electrons. The molecule has 0 heterocycles. The molecule has 0 atom stereocenters. The van der Waals surface area contributed by atoms with Gasteiger partial charge in [0, 0.05) is 12.4 Å². The second-order valence-corrected chi connectivity index (χ2v) is 1.61. The number of hydrogen-bond acceptors (Lipinski definition) is 3. The van der Waals surface area contributed by atoms with Crippen LogP contribution in [-0.2, 0) is 0 Å². The minimum atomic E-state index is 1.44. The maximum absolute atomic E-state index is 4.99. The number of thioether (sulfide) groups is 1. The van der Waals surface area contributed by atoms with Crippen molar-refractivity contribution >= 4 is 11.8 Å². The maximum Gasteiger partial charge on any atom is 0.000524 e. The van der Waals surface area contributed by atoms with Gasteiger partial charge in [-0.3, -0.25) is 0 Å². The summed E-state index contributed by atoms with van der Waals surface area (Å²) in [4.78, 5) is 0. The Morgan fingerprint density at radius 1 is 1.00 bits per heavy atom. The highest BCUT2D eigenvalue weighted by Crippen LogP contribution is 1.99. The summed E-state index contributed by atoms with van der Waals surface area (Å²) >= 11 is 1.44. The third-order valence-corrected chi connectivity index (χ3v) is 0.943. The Labute approximate surface area is 47.3 Å². The molecule has 0 rings (SSSR count). The molecular weight excluding hydrogens is 108 g/mol. The molecule has 0 aliphatic carbocycles. The number of hydrogen-bond donors (Lipinski definition) is 2. The summed E-state index contributed by atoms with van der Waals surface area (Å²) in [5.41, 5.74) is 9.99. The predicted molar refractivity (Wildman–Crippen MR) is 34.2 cm³/mol. The molecule has 0 spiro atoms. The van der Waals surface area contributed by atoms with E-state index < -0.39 is 0 Å². The minimum Gasteiger partial charge on any atom is -0.404 e. The van der Waals surface area contributed by atoms with Gasteiger partial charge in [0.2, 0.25) is 0 Å².